The summed E-state index contributed by atoms with van der Waals surface area (Å²) in [6.07, 6.45) is 0.610. The van der Waals surface area contributed by atoms with Gasteiger partial charge in [-0.3, -0.25) is 14.4 Å². The van der Waals surface area contributed by atoms with E-state index in [2.05, 4.69) is 10.6 Å². The van der Waals surface area contributed by atoms with Gasteiger partial charge in [-0.2, -0.15) is 0 Å². The number of ether oxygens (including phenoxy) is 1. The summed E-state index contributed by atoms with van der Waals surface area (Å²) >= 11 is 5.83. The zero-order valence-corrected chi connectivity index (χ0v) is 17.9. The van der Waals surface area contributed by atoms with Crippen molar-refractivity contribution in [3.63, 3.8) is 0 Å². The Bertz CT molecular complexity index is 945. The lowest BCUT2D eigenvalue weighted by Gasteiger charge is -2.22. The third-order valence-electron chi connectivity index (χ3n) is 4.66. The molecule has 0 unspecified atom stereocenters. The van der Waals surface area contributed by atoms with Crippen LogP contribution in [0.1, 0.15) is 41.0 Å². The molecular formula is C22H24ClN3O5. The second-order valence-electron chi connectivity index (χ2n) is 6.94. The first kappa shape index (κ1) is 23.9. The molecular weight excluding hydrogens is 422 g/mol. The van der Waals surface area contributed by atoms with Crippen molar-refractivity contribution in [1.29, 1.82) is 0 Å². The lowest BCUT2D eigenvalue weighted by atomic mass is 9.99. The molecule has 9 heteroatoms. The molecule has 164 valence electrons. The zero-order valence-electron chi connectivity index (χ0n) is 17.2. The SMILES string of the molecule is CC[C@@H](C)[C@@H](NC(=O)c1ccc(Cl)cc1)C(=O)OCC(=O)Nc1ccc(C(N)=O)cc1. The van der Waals surface area contributed by atoms with Crippen molar-refractivity contribution in [2.24, 2.45) is 11.7 Å². The van der Waals surface area contributed by atoms with Gasteiger partial charge in [0.25, 0.3) is 11.8 Å². The molecule has 0 spiro atoms. The zero-order chi connectivity index (χ0) is 23.0. The van der Waals surface area contributed by atoms with Gasteiger partial charge in [0.2, 0.25) is 5.91 Å². The Labute approximate surface area is 185 Å². The van der Waals surface area contributed by atoms with Crippen LogP contribution in [-0.2, 0) is 14.3 Å². The summed E-state index contributed by atoms with van der Waals surface area (Å²) in [5, 5.41) is 5.70. The minimum Gasteiger partial charge on any atom is -0.454 e. The second kappa shape index (κ2) is 11.1. The Hall–Kier alpha value is -3.39. The van der Waals surface area contributed by atoms with E-state index in [4.69, 9.17) is 22.1 Å². The summed E-state index contributed by atoms with van der Waals surface area (Å²) in [5.74, 6) is -2.52. The van der Waals surface area contributed by atoms with E-state index in [0.29, 0.717) is 28.3 Å². The fourth-order valence-corrected chi connectivity index (χ4v) is 2.76. The van der Waals surface area contributed by atoms with Gasteiger partial charge in [-0.25, -0.2) is 4.79 Å². The van der Waals surface area contributed by atoms with Crippen molar-refractivity contribution in [3.05, 3.63) is 64.7 Å². The van der Waals surface area contributed by atoms with Crippen molar-refractivity contribution in [1.82, 2.24) is 5.32 Å². The third-order valence-corrected chi connectivity index (χ3v) is 4.91. The molecule has 0 aliphatic heterocycles. The number of nitrogens with two attached hydrogens (primary N) is 1. The van der Waals surface area contributed by atoms with Crippen LogP contribution in [-0.4, -0.2) is 36.3 Å². The van der Waals surface area contributed by atoms with Gasteiger partial charge in [-0.1, -0.05) is 31.9 Å². The molecule has 0 aliphatic carbocycles. The van der Waals surface area contributed by atoms with E-state index in [0.717, 1.165) is 0 Å². The molecule has 0 aromatic heterocycles. The molecule has 0 aliphatic rings. The van der Waals surface area contributed by atoms with Crippen LogP contribution >= 0.6 is 11.6 Å². The highest BCUT2D eigenvalue weighted by Crippen LogP contribution is 2.14. The minimum atomic E-state index is -0.921. The molecule has 0 saturated carbocycles. The number of benzene rings is 2. The molecule has 2 atom stereocenters. The van der Waals surface area contributed by atoms with Gasteiger partial charge >= 0.3 is 5.97 Å². The quantitative estimate of drug-likeness (QED) is 0.511. The van der Waals surface area contributed by atoms with Gasteiger partial charge in [0.05, 0.1) is 0 Å². The molecule has 31 heavy (non-hydrogen) atoms. The van der Waals surface area contributed by atoms with Crippen LogP contribution in [0.25, 0.3) is 0 Å². The average Bonchev–Trinajstić information content (AvgIpc) is 2.76. The maximum atomic E-state index is 12.6. The van der Waals surface area contributed by atoms with Crippen LogP contribution < -0.4 is 16.4 Å². The summed E-state index contributed by atoms with van der Waals surface area (Å²) in [6, 6.07) is 11.3. The number of hydrogen-bond acceptors (Lipinski definition) is 5. The van der Waals surface area contributed by atoms with Gasteiger partial charge in [0.15, 0.2) is 6.61 Å². The van der Waals surface area contributed by atoms with Gasteiger partial charge < -0.3 is 21.1 Å². The normalized spacial score (nSPS) is 12.4. The number of esters is 1. The summed E-state index contributed by atoms with van der Waals surface area (Å²) in [7, 11) is 0. The van der Waals surface area contributed by atoms with Crippen molar-refractivity contribution in [2.75, 3.05) is 11.9 Å². The van der Waals surface area contributed by atoms with E-state index in [1.54, 1.807) is 31.2 Å². The summed E-state index contributed by atoms with van der Waals surface area (Å²) in [4.78, 5) is 48.2. The van der Waals surface area contributed by atoms with Crippen LogP contribution in [0.15, 0.2) is 48.5 Å². The molecule has 2 aromatic carbocycles. The molecule has 0 heterocycles. The minimum absolute atomic E-state index is 0.215. The number of hydrogen-bond donors (Lipinski definition) is 3. The molecule has 3 amide bonds. The molecule has 2 rings (SSSR count). The monoisotopic (exact) mass is 445 g/mol. The fourth-order valence-electron chi connectivity index (χ4n) is 2.64. The number of carbonyl (C=O) groups is 4. The Morgan fingerprint density at radius 2 is 1.58 bits per heavy atom. The molecule has 0 fully saturated rings. The number of amides is 3. The summed E-state index contributed by atoms with van der Waals surface area (Å²) < 4.78 is 5.12. The average molecular weight is 446 g/mol. The van der Waals surface area contributed by atoms with E-state index < -0.39 is 36.3 Å². The highest BCUT2D eigenvalue weighted by molar-refractivity contribution is 6.30. The number of anilines is 1. The number of halogens is 1. The van der Waals surface area contributed by atoms with Gasteiger partial charge in [-0.15, -0.1) is 0 Å². The highest BCUT2D eigenvalue weighted by Gasteiger charge is 2.28. The predicted molar refractivity (Wildman–Crippen MR) is 117 cm³/mol. The molecule has 2 aromatic rings. The Morgan fingerprint density at radius 1 is 1.00 bits per heavy atom. The van der Waals surface area contributed by atoms with Crippen LogP contribution in [0.5, 0.6) is 0 Å². The highest BCUT2D eigenvalue weighted by atomic mass is 35.5. The molecule has 0 saturated heterocycles. The first-order chi connectivity index (χ1) is 14.7. The van der Waals surface area contributed by atoms with Crippen LogP contribution in [0, 0.1) is 5.92 Å². The standard InChI is InChI=1S/C22H24ClN3O5/c1-3-13(2)19(26-21(29)15-4-8-16(23)9-5-15)22(30)31-12-18(27)25-17-10-6-14(7-11-17)20(24)28/h4-11,13,19H,3,12H2,1-2H3,(H2,24,28)(H,25,27)(H,26,29)/t13-,19-/m1/s1. The number of primary amides is 1. The molecule has 8 nitrogen and oxygen atoms in total. The molecule has 4 N–H and O–H groups in total. The first-order valence-corrected chi connectivity index (χ1v) is 10.0. The lowest BCUT2D eigenvalue weighted by Crippen LogP contribution is -2.46. The van der Waals surface area contributed by atoms with Crippen molar-refractivity contribution in [3.8, 4) is 0 Å². The Kier molecular flexibility index (Phi) is 8.57. The van der Waals surface area contributed by atoms with Crippen molar-refractivity contribution >= 4 is 41.0 Å². The Balaban J connectivity index is 1.95. The fraction of sp³-hybridized carbons (Fsp3) is 0.273. The van der Waals surface area contributed by atoms with Crippen molar-refractivity contribution in [2.45, 2.75) is 26.3 Å². The number of nitrogens with one attached hydrogen (secondary N) is 2. The smallest absolute Gasteiger partial charge is 0.329 e. The summed E-state index contributed by atoms with van der Waals surface area (Å²) in [6.45, 7) is 3.15. The third kappa shape index (κ3) is 7.11. The lowest BCUT2D eigenvalue weighted by molar-refractivity contribution is -0.150. The first-order valence-electron chi connectivity index (χ1n) is 9.64. The largest absolute Gasteiger partial charge is 0.454 e. The number of carbonyl (C=O) groups excluding carboxylic acids is 4. The van der Waals surface area contributed by atoms with Gasteiger partial charge in [-0.05, 0) is 54.4 Å². The van der Waals surface area contributed by atoms with Crippen LogP contribution in [0.4, 0.5) is 5.69 Å². The maximum Gasteiger partial charge on any atom is 0.329 e. The maximum absolute atomic E-state index is 12.6. The van der Waals surface area contributed by atoms with Gasteiger partial charge in [0, 0.05) is 21.8 Å². The second-order valence-corrected chi connectivity index (χ2v) is 7.38. The van der Waals surface area contributed by atoms with Crippen LogP contribution in [0.3, 0.4) is 0 Å². The van der Waals surface area contributed by atoms with E-state index in [9.17, 15) is 19.2 Å². The molecule has 0 radical (unpaired) electrons. The molecule has 0 bridgehead atoms. The Morgan fingerprint density at radius 3 is 2.13 bits per heavy atom. The van der Waals surface area contributed by atoms with Crippen molar-refractivity contribution < 1.29 is 23.9 Å². The number of rotatable bonds is 9. The van der Waals surface area contributed by atoms with Gasteiger partial charge in [0.1, 0.15) is 6.04 Å². The van der Waals surface area contributed by atoms with Crippen LogP contribution in [0.2, 0.25) is 5.02 Å². The van der Waals surface area contributed by atoms with E-state index in [1.165, 1.54) is 24.3 Å². The van der Waals surface area contributed by atoms with E-state index in [-0.39, 0.29) is 5.92 Å². The predicted octanol–water partition coefficient (Wildman–Crippen LogP) is 2.77. The van der Waals surface area contributed by atoms with E-state index >= 15 is 0 Å². The summed E-state index contributed by atoms with van der Waals surface area (Å²) in [5.41, 5.74) is 6.24. The van der Waals surface area contributed by atoms with E-state index in [1.807, 2.05) is 6.92 Å². The topological polar surface area (TPSA) is 128 Å².